The van der Waals surface area contributed by atoms with E-state index in [2.05, 4.69) is 14.7 Å². The summed E-state index contributed by atoms with van der Waals surface area (Å²) in [5.74, 6) is -2.06. The van der Waals surface area contributed by atoms with E-state index in [9.17, 15) is 18.0 Å². The van der Waals surface area contributed by atoms with E-state index in [1.54, 1.807) is 0 Å². The fraction of sp³-hybridized carbons (Fsp3) is 0.375. The largest absolute Gasteiger partial charge is 0.468 e. The molecule has 0 saturated carbocycles. The van der Waals surface area contributed by atoms with E-state index in [1.165, 1.54) is 7.11 Å². The zero-order valence-corrected chi connectivity index (χ0v) is 9.99. The first-order valence-corrected chi connectivity index (χ1v) is 5.50. The summed E-state index contributed by atoms with van der Waals surface area (Å²) >= 11 is 6.21. The van der Waals surface area contributed by atoms with Crippen LogP contribution in [0.1, 0.15) is 5.82 Å². The molecular formula is C8H6ClF3N2O2S. The number of halogens is 4. The number of hydrogen-bond acceptors (Lipinski definition) is 5. The molecular weight excluding hydrogens is 281 g/mol. The SMILES string of the molecule is COC(=O)CSc1cc(Cl)nc(C(F)(F)F)n1. The molecule has 17 heavy (non-hydrogen) atoms. The van der Waals surface area contributed by atoms with E-state index < -0.39 is 18.0 Å². The third-order valence-electron chi connectivity index (χ3n) is 1.49. The number of nitrogens with zero attached hydrogens (tertiary/aromatic N) is 2. The van der Waals surface area contributed by atoms with Gasteiger partial charge in [-0.25, -0.2) is 9.97 Å². The summed E-state index contributed by atoms with van der Waals surface area (Å²) < 4.78 is 41.3. The van der Waals surface area contributed by atoms with Crippen LogP contribution in [0.15, 0.2) is 11.1 Å². The lowest BCUT2D eigenvalue weighted by Gasteiger charge is -2.06. The number of thioether (sulfide) groups is 1. The minimum Gasteiger partial charge on any atom is -0.468 e. The van der Waals surface area contributed by atoms with E-state index in [1.807, 2.05) is 0 Å². The zero-order chi connectivity index (χ0) is 13.1. The number of rotatable bonds is 3. The van der Waals surface area contributed by atoms with E-state index in [4.69, 9.17) is 11.6 Å². The normalized spacial score (nSPS) is 11.4. The number of ether oxygens (including phenoxy) is 1. The predicted molar refractivity (Wildman–Crippen MR) is 54.8 cm³/mol. The summed E-state index contributed by atoms with van der Waals surface area (Å²) in [6.45, 7) is 0. The quantitative estimate of drug-likeness (QED) is 0.485. The minimum atomic E-state index is -4.68. The topological polar surface area (TPSA) is 52.1 Å². The number of carbonyl (C=O) groups is 1. The second-order valence-corrected chi connectivity index (χ2v) is 4.10. The van der Waals surface area contributed by atoms with Gasteiger partial charge in [-0.05, 0) is 0 Å². The molecule has 1 aromatic rings. The monoisotopic (exact) mass is 286 g/mol. The third kappa shape index (κ3) is 4.39. The molecule has 0 bridgehead atoms. The van der Waals surface area contributed by atoms with Gasteiger partial charge in [0.1, 0.15) is 10.2 Å². The molecule has 9 heteroatoms. The van der Waals surface area contributed by atoms with Crippen LogP contribution in [0.5, 0.6) is 0 Å². The molecule has 0 saturated heterocycles. The van der Waals surface area contributed by atoms with Gasteiger partial charge in [0, 0.05) is 6.07 Å². The lowest BCUT2D eigenvalue weighted by molar-refractivity contribution is -0.145. The number of alkyl halides is 3. The van der Waals surface area contributed by atoms with Crippen LogP contribution in [0.4, 0.5) is 13.2 Å². The van der Waals surface area contributed by atoms with Crippen LogP contribution in [-0.4, -0.2) is 28.8 Å². The second-order valence-electron chi connectivity index (χ2n) is 2.72. The van der Waals surface area contributed by atoms with Crippen molar-refractivity contribution >= 4 is 29.3 Å². The second kappa shape index (κ2) is 5.54. The van der Waals surface area contributed by atoms with Gasteiger partial charge in [-0.1, -0.05) is 23.4 Å². The highest BCUT2D eigenvalue weighted by molar-refractivity contribution is 7.99. The number of esters is 1. The molecule has 1 aromatic heterocycles. The Morgan fingerprint density at radius 3 is 2.71 bits per heavy atom. The van der Waals surface area contributed by atoms with E-state index in [-0.39, 0.29) is 15.9 Å². The maximum Gasteiger partial charge on any atom is 0.451 e. The van der Waals surface area contributed by atoms with Gasteiger partial charge < -0.3 is 4.74 Å². The Morgan fingerprint density at radius 2 is 2.18 bits per heavy atom. The number of hydrogen-bond donors (Lipinski definition) is 0. The molecule has 0 aliphatic carbocycles. The molecule has 0 aliphatic heterocycles. The average Bonchev–Trinajstić information content (AvgIpc) is 2.24. The molecule has 0 unspecified atom stereocenters. The number of methoxy groups -OCH3 is 1. The third-order valence-corrected chi connectivity index (χ3v) is 2.57. The first kappa shape index (κ1) is 14.0. The first-order valence-electron chi connectivity index (χ1n) is 4.14. The smallest absolute Gasteiger partial charge is 0.451 e. The van der Waals surface area contributed by atoms with Crippen molar-refractivity contribution in [3.63, 3.8) is 0 Å². The van der Waals surface area contributed by atoms with E-state index in [0.29, 0.717) is 0 Å². The molecule has 1 rings (SSSR count). The lowest BCUT2D eigenvalue weighted by Crippen LogP contribution is -2.12. The fourth-order valence-electron chi connectivity index (χ4n) is 0.789. The number of aromatic nitrogens is 2. The minimum absolute atomic E-state index is 0.0391. The highest BCUT2D eigenvalue weighted by Gasteiger charge is 2.35. The Morgan fingerprint density at radius 1 is 1.53 bits per heavy atom. The van der Waals surface area contributed by atoms with Gasteiger partial charge in [0.2, 0.25) is 5.82 Å². The van der Waals surface area contributed by atoms with Crippen molar-refractivity contribution in [3.8, 4) is 0 Å². The summed E-state index contributed by atoms with van der Waals surface area (Å²) in [5, 5.41) is -0.373. The van der Waals surface area contributed by atoms with Crippen molar-refractivity contribution < 1.29 is 22.7 Å². The van der Waals surface area contributed by atoms with Crippen molar-refractivity contribution in [2.75, 3.05) is 12.9 Å². The number of carbonyl (C=O) groups excluding carboxylic acids is 1. The molecule has 0 spiro atoms. The molecule has 0 amide bonds. The average molecular weight is 287 g/mol. The summed E-state index contributed by atoms with van der Waals surface area (Å²) in [6, 6.07) is 1.14. The van der Waals surface area contributed by atoms with Crippen molar-refractivity contribution in [2.45, 2.75) is 11.2 Å². The molecule has 0 aliphatic rings. The predicted octanol–water partition coefficient (Wildman–Crippen LogP) is 2.41. The molecule has 0 fully saturated rings. The van der Waals surface area contributed by atoms with Crippen LogP contribution in [0.2, 0.25) is 5.15 Å². The van der Waals surface area contributed by atoms with Crippen LogP contribution < -0.4 is 0 Å². The van der Waals surface area contributed by atoms with Crippen molar-refractivity contribution in [3.05, 3.63) is 17.0 Å². The molecule has 0 atom stereocenters. The highest BCUT2D eigenvalue weighted by atomic mass is 35.5. The molecule has 0 aromatic carbocycles. The Bertz CT molecular complexity index is 428. The van der Waals surface area contributed by atoms with E-state index >= 15 is 0 Å². The molecule has 1 heterocycles. The Balaban J connectivity index is 2.87. The Hall–Kier alpha value is -1.02. The van der Waals surface area contributed by atoms with Gasteiger partial charge >= 0.3 is 12.1 Å². The molecule has 0 radical (unpaired) electrons. The standard InChI is InChI=1S/C8H6ClF3N2O2S/c1-16-6(15)3-17-5-2-4(9)13-7(14-5)8(10,11)12/h2H,3H2,1H3. The van der Waals surface area contributed by atoms with Gasteiger partial charge in [0.15, 0.2) is 0 Å². The fourth-order valence-corrected chi connectivity index (χ4v) is 1.77. The highest BCUT2D eigenvalue weighted by Crippen LogP contribution is 2.29. The van der Waals surface area contributed by atoms with Crippen LogP contribution >= 0.6 is 23.4 Å². The van der Waals surface area contributed by atoms with E-state index in [0.717, 1.165) is 17.8 Å². The van der Waals surface area contributed by atoms with Crippen LogP contribution in [-0.2, 0) is 15.7 Å². The first-order chi connectivity index (χ1) is 7.82. The van der Waals surface area contributed by atoms with Gasteiger partial charge in [0.05, 0.1) is 12.9 Å². The lowest BCUT2D eigenvalue weighted by atomic mass is 10.5. The summed E-state index contributed by atoms with van der Waals surface area (Å²) in [7, 11) is 1.18. The Kier molecular flexibility index (Phi) is 4.58. The van der Waals surface area contributed by atoms with Crippen LogP contribution in [0.25, 0.3) is 0 Å². The summed E-state index contributed by atoms with van der Waals surface area (Å²) in [4.78, 5) is 17.1. The van der Waals surface area contributed by atoms with Crippen LogP contribution in [0, 0.1) is 0 Å². The van der Waals surface area contributed by atoms with Crippen molar-refractivity contribution in [1.82, 2.24) is 9.97 Å². The maximum absolute atomic E-state index is 12.3. The zero-order valence-electron chi connectivity index (χ0n) is 8.42. The van der Waals surface area contributed by atoms with Crippen molar-refractivity contribution in [2.24, 2.45) is 0 Å². The molecule has 0 N–H and O–H groups in total. The summed E-state index contributed by atoms with van der Waals surface area (Å²) in [5.41, 5.74) is 0. The molecule has 94 valence electrons. The van der Waals surface area contributed by atoms with Gasteiger partial charge in [-0.2, -0.15) is 13.2 Å². The Labute approximate surface area is 104 Å². The van der Waals surface area contributed by atoms with Gasteiger partial charge in [-0.3, -0.25) is 4.79 Å². The van der Waals surface area contributed by atoms with Crippen molar-refractivity contribution in [1.29, 1.82) is 0 Å². The summed E-state index contributed by atoms with van der Waals surface area (Å²) in [6.07, 6.45) is -4.68. The van der Waals surface area contributed by atoms with Gasteiger partial charge in [0.25, 0.3) is 0 Å². The van der Waals surface area contributed by atoms with Crippen LogP contribution in [0.3, 0.4) is 0 Å². The molecule has 4 nitrogen and oxygen atoms in total. The maximum atomic E-state index is 12.3. The van der Waals surface area contributed by atoms with Gasteiger partial charge in [-0.15, -0.1) is 0 Å².